The lowest BCUT2D eigenvalue weighted by Gasteiger charge is -2.02. The first-order valence-electron chi connectivity index (χ1n) is 6.83. The first kappa shape index (κ1) is 15.6. The molecular formula is C15H19N3O2S. The Morgan fingerprint density at radius 3 is 2.71 bits per heavy atom. The summed E-state index contributed by atoms with van der Waals surface area (Å²) in [5.41, 5.74) is 2.77. The van der Waals surface area contributed by atoms with Crippen molar-refractivity contribution in [2.45, 2.75) is 13.3 Å². The summed E-state index contributed by atoms with van der Waals surface area (Å²) in [6, 6.07) is 7.65. The topological polar surface area (TPSA) is 74.2 Å². The molecule has 21 heavy (non-hydrogen) atoms. The fourth-order valence-electron chi connectivity index (χ4n) is 1.89. The molecule has 2 rings (SSSR count). The van der Waals surface area contributed by atoms with Gasteiger partial charge in [-0.3, -0.25) is 4.79 Å². The van der Waals surface area contributed by atoms with Crippen LogP contribution in [0, 0.1) is 0 Å². The van der Waals surface area contributed by atoms with Crippen LogP contribution in [0.25, 0.3) is 11.3 Å². The zero-order valence-corrected chi connectivity index (χ0v) is 12.7. The van der Waals surface area contributed by atoms with Crippen molar-refractivity contribution in [2.75, 3.05) is 25.0 Å². The standard InChI is InChI=1S/C15H19N3O2S/c1-11(20)17-13-4-2-12(3-5-13)14-10-21-15(18-14)6-7-16-8-9-19/h2-5,10,16,19H,6-9H2,1H3,(H,17,20). The molecule has 1 aromatic carbocycles. The van der Waals surface area contributed by atoms with Gasteiger partial charge in [-0.05, 0) is 12.1 Å². The molecule has 5 nitrogen and oxygen atoms in total. The largest absolute Gasteiger partial charge is 0.395 e. The molecule has 112 valence electrons. The Bertz CT molecular complexity index is 581. The lowest BCUT2D eigenvalue weighted by atomic mass is 10.1. The second-order valence-corrected chi connectivity index (χ2v) is 5.55. The maximum Gasteiger partial charge on any atom is 0.221 e. The van der Waals surface area contributed by atoms with E-state index in [2.05, 4.69) is 15.6 Å². The molecular weight excluding hydrogens is 286 g/mol. The molecule has 6 heteroatoms. The summed E-state index contributed by atoms with van der Waals surface area (Å²) < 4.78 is 0. The Labute approximate surface area is 128 Å². The number of hydrogen-bond donors (Lipinski definition) is 3. The summed E-state index contributed by atoms with van der Waals surface area (Å²) >= 11 is 1.63. The number of hydrogen-bond acceptors (Lipinski definition) is 5. The number of benzene rings is 1. The molecule has 0 saturated carbocycles. The summed E-state index contributed by atoms with van der Waals surface area (Å²) in [7, 11) is 0. The van der Waals surface area contributed by atoms with Crippen LogP contribution < -0.4 is 10.6 Å². The molecule has 0 atom stereocenters. The highest BCUT2D eigenvalue weighted by Crippen LogP contribution is 2.23. The van der Waals surface area contributed by atoms with E-state index in [0.29, 0.717) is 6.54 Å². The fraction of sp³-hybridized carbons (Fsp3) is 0.333. The number of thiazole rings is 1. The number of nitrogens with one attached hydrogen (secondary N) is 2. The van der Waals surface area contributed by atoms with Crippen LogP contribution in [0.4, 0.5) is 5.69 Å². The zero-order valence-electron chi connectivity index (χ0n) is 11.9. The van der Waals surface area contributed by atoms with Gasteiger partial charge in [0.15, 0.2) is 0 Å². The van der Waals surface area contributed by atoms with Gasteiger partial charge < -0.3 is 15.7 Å². The van der Waals surface area contributed by atoms with Gasteiger partial charge in [-0.25, -0.2) is 4.98 Å². The summed E-state index contributed by atoms with van der Waals surface area (Å²) in [6.45, 7) is 3.08. The smallest absolute Gasteiger partial charge is 0.221 e. The molecule has 0 spiro atoms. The van der Waals surface area contributed by atoms with Gasteiger partial charge in [0.1, 0.15) is 0 Å². The van der Waals surface area contributed by atoms with Gasteiger partial charge in [0.05, 0.1) is 17.3 Å². The number of aliphatic hydroxyl groups is 1. The summed E-state index contributed by atoms with van der Waals surface area (Å²) in [5.74, 6) is -0.0749. The van der Waals surface area contributed by atoms with E-state index in [4.69, 9.17) is 5.11 Å². The average molecular weight is 305 g/mol. The van der Waals surface area contributed by atoms with E-state index >= 15 is 0 Å². The Hall–Kier alpha value is -1.76. The second-order valence-electron chi connectivity index (χ2n) is 4.61. The molecule has 1 aromatic heterocycles. The maximum atomic E-state index is 11.0. The Morgan fingerprint density at radius 1 is 1.29 bits per heavy atom. The van der Waals surface area contributed by atoms with Gasteiger partial charge in [-0.1, -0.05) is 12.1 Å². The summed E-state index contributed by atoms with van der Waals surface area (Å²) in [6.07, 6.45) is 0.856. The van der Waals surface area contributed by atoms with E-state index in [1.54, 1.807) is 11.3 Å². The molecule has 1 heterocycles. The first-order chi connectivity index (χ1) is 10.2. The highest BCUT2D eigenvalue weighted by atomic mass is 32.1. The minimum absolute atomic E-state index is 0.0749. The van der Waals surface area contributed by atoms with E-state index in [0.717, 1.165) is 34.9 Å². The third-order valence-electron chi connectivity index (χ3n) is 2.86. The number of anilines is 1. The summed E-state index contributed by atoms with van der Waals surface area (Å²) in [5, 5.41) is 17.7. The van der Waals surface area contributed by atoms with E-state index in [1.807, 2.05) is 29.6 Å². The minimum atomic E-state index is -0.0749. The molecule has 3 N–H and O–H groups in total. The van der Waals surface area contributed by atoms with Crippen molar-refractivity contribution in [3.8, 4) is 11.3 Å². The number of nitrogens with zero attached hydrogens (tertiary/aromatic N) is 1. The number of aromatic nitrogens is 1. The minimum Gasteiger partial charge on any atom is -0.395 e. The molecule has 0 unspecified atom stereocenters. The van der Waals surface area contributed by atoms with Crippen LogP contribution >= 0.6 is 11.3 Å². The van der Waals surface area contributed by atoms with Crippen molar-refractivity contribution in [3.05, 3.63) is 34.7 Å². The van der Waals surface area contributed by atoms with Gasteiger partial charge in [-0.15, -0.1) is 11.3 Å². The van der Waals surface area contributed by atoms with E-state index in [9.17, 15) is 4.79 Å². The van der Waals surface area contributed by atoms with Crippen molar-refractivity contribution in [3.63, 3.8) is 0 Å². The first-order valence-corrected chi connectivity index (χ1v) is 7.71. The molecule has 0 fully saturated rings. The number of aliphatic hydroxyl groups excluding tert-OH is 1. The van der Waals surface area contributed by atoms with Crippen molar-refractivity contribution >= 4 is 22.9 Å². The van der Waals surface area contributed by atoms with Crippen LogP contribution in [0.3, 0.4) is 0 Å². The van der Waals surface area contributed by atoms with Crippen LogP contribution in [0.15, 0.2) is 29.6 Å². The maximum absolute atomic E-state index is 11.0. The predicted octanol–water partition coefficient (Wildman–Crippen LogP) is 1.89. The highest BCUT2D eigenvalue weighted by molar-refractivity contribution is 7.09. The second kappa shape index (κ2) is 7.87. The lowest BCUT2D eigenvalue weighted by Crippen LogP contribution is -2.20. The van der Waals surface area contributed by atoms with Crippen molar-refractivity contribution in [1.29, 1.82) is 0 Å². The normalized spacial score (nSPS) is 10.6. The molecule has 1 amide bonds. The fourth-order valence-corrected chi connectivity index (χ4v) is 2.69. The van der Waals surface area contributed by atoms with Gasteiger partial charge in [-0.2, -0.15) is 0 Å². The Balaban J connectivity index is 1.95. The molecule has 2 aromatic rings. The Kier molecular flexibility index (Phi) is 5.86. The molecule has 0 aliphatic carbocycles. The van der Waals surface area contributed by atoms with Crippen molar-refractivity contribution < 1.29 is 9.90 Å². The zero-order chi connectivity index (χ0) is 15.1. The van der Waals surface area contributed by atoms with E-state index < -0.39 is 0 Å². The quantitative estimate of drug-likeness (QED) is 0.683. The van der Waals surface area contributed by atoms with Gasteiger partial charge >= 0.3 is 0 Å². The number of amides is 1. The molecule has 0 aliphatic rings. The van der Waals surface area contributed by atoms with Gasteiger partial charge in [0.2, 0.25) is 5.91 Å². The Morgan fingerprint density at radius 2 is 2.05 bits per heavy atom. The molecule has 0 radical (unpaired) electrons. The van der Waals surface area contributed by atoms with Crippen molar-refractivity contribution in [2.24, 2.45) is 0 Å². The monoisotopic (exact) mass is 305 g/mol. The highest BCUT2D eigenvalue weighted by Gasteiger charge is 2.05. The van der Waals surface area contributed by atoms with E-state index in [1.165, 1.54) is 6.92 Å². The predicted molar refractivity (Wildman–Crippen MR) is 85.5 cm³/mol. The molecule has 0 aliphatic heterocycles. The lowest BCUT2D eigenvalue weighted by molar-refractivity contribution is -0.114. The van der Waals surface area contributed by atoms with Gasteiger partial charge in [0, 0.05) is 43.1 Å². The van der Waals surface area contributed by atoms with Crippen LogP contribution in [0.2, 0.25) is 0 Å². The van der Waals surface area contributed by atoms with Crippen LogP contribution in [0.1, 0.15) is 11.9 Å². The number of carbonyl (C=O) groups is 1. The third-order valence-corrected chi connectivity index (χ3v) is 3.77. The third kappa shape index (κ3) is 4.93. The average Bonchev–Trinajstić information content (AvgIpc) is 2.93. The molecule has 0 bridgehead atoms. The number of rotatable bonds is 7. The van der Waals surface area contributed by atoms with Crippen molar-refractivity contribution in [1.82, 2.24) is 10.3 Å². The SMILES string of the molecule is CC(=O)Nc1ccc(-c2csc(CCNCCO)n2)cc1. The molecule has 0 saturated heterocycles. The summed E-state index contributed by atoms with van der Waals surface area (Å²) in [4.78, 5) is 15.6. The van der Waals surface area contributed by atoms with E-state index in [-0.39, 0.29) is 12.5 Å². The number of carbonyl (C=O) groups excluding carboxylic acids is 1. The van der Waals surface area contributed by atoms with Gasteiger partial charge in [0.25, 0.3) is 0 Å². The van der Waals surface area contributed by atoms with Crippen LogP contribution in [-0.4, -0.2) is 35.7 Å². The van der Waals surface area contributed by atoms with Crippen LogP contribution in [0.5, 0.6) is 0 Å². The van der Waals surface area contributed by atoms with Crippen LogP contribution in [-0.2, 0) is 11.2 Å².